The van der Waals surface area contributed by atoms with E-state index in [1.165, 1.54) is 5.56 Å². The molecule has 1 N–H and O–H groups in total. The highest BCUT2D eigenvalue weighted by molar-refractivity contribution is 6.30. The van der Waals surface area contributed by atoms with Crippen LogP contribution >= 0.6 is 11.6 Å². The van der Waals surface area contributed by atoms with Crippen molar-refractivity contribution in [3.05, 3.63) is 40.4 Å². The summed E-state index contributed by atoms with van der Waals surface area (Å²) in [6.45, 7) is 3.61. The number of benzene rings is 1. The molecular weight excluding hydrogens is 364 g/mol. The van der Waals surface area contributed by atoms with E-state index >= 15 is 0 Å². The number of hydrogen-bond donors (Lipinski definition) is 1. The Morgan fingerprint density at radius 2 is 2.00 bits per heavy atom. The van der Waals surface area contributed by atoms with Gasteiger partial charge in [0.2, 0.25) is 0 Å². The van der Waals surface area contributed by atoms with Crippen LogP contribution in [0.1, 0.15) is 55.7 Å². The molecule has 27 heavy (non-hydrogen) atoms. The van der Waals surface area contributed by atoms with Crippen LogP contribution < -0.4 is 0 Å². The third kappa shape index (κ3) is 3.90. The summed E-state index contributed by atoms with van der Waals surface area (Å²) in [7, 11) is 2.10. The summed E-state index contributed by atoms with van der Waals surface area (Å²) in [6.07, 6.45) is 4.17. The van der Waals surface area contributed by atoms with Crippen LogP contribution in [0.25, 0.3) is 5.69 Å². The Hall–Kier alpha value is -1.47. The number of rotatable bonds is 4. The summed E-state index contributed by atoms with van der Waals surface area (Å²) in [5, 5.41) is 19.1. The van der Waals surface area contributed by atoms with Crippen molar-refractivity contribution >= 4 is 11.6 Å². The second-order valence-electron chi connectivity index (χ2n) is 7.86. The monoisotopic (exact) mass is 390 g/mol. The van der Waals surface area contributed by atoms with E-state index in [1.54, 1.807) is 0 Å². The molecule has 2 aliphatic rings. The molecule has 0 spiro atoms. The van der Waals surface area contributed by atoms with E-state index in [1.807, 2.05) is 19.1 Å². The van der Waals surface area contributed by atoms with Crippen LogP contribution in [-0.2, 0) is 17.8 Å². The van der Waals surface area contributed by atoms with Gasteiger partial charge in [-0.25, -0.2) is 0 Å². The molecule has 1 unspecified atom stereocenters. The van der Waals surface area contributed by atoms with Gasteiger partial charge in [-0.05, 0) is 63.4 Å². The first-order valence-corrected chi connectivity index (χ1v) is 10.1. The van der Waals surface area contributed by atoms with Gasteiger partial charge in [-0.3, -0.25) is 9.47 Å². The Kier molecular flexibility index (Phi) is 5.50. The third-order valence-electron chi connectivity index (χ3n) is 5.61. The predicted molar refractivity (Wildman–Crippen MR) is 104 cm³/mol. The van der Waals surface area contributed by atoms with Crippen molar-refractivity contribution in [3.8, 4) is 5.69 Å². The van der Waals surface area contributed by atoms with Crippen molar-refractivity contribution in [2.24, 2.45) is 0 Å². The highest BCUT2D eigenvalue weighted by Gasteiger charge is 2.30. The fraction of sp³-hybridized carbons (Fsp3) is 0.600. The smallest absolute Gasteiger partial charge is 0.151 e. The number of aliphatic hydroxyl groups is 1. The van der Waals surface area contributed by atoms with Gasteiger partial charge in [0, 0.05) is 17.5 Å². The summed E-state index contributed by atoms with van der Waals surface area (Å²) >= 11 is 6.25. The van der Waals surface area contributed by atoms with E-state index in [0.29, 0.717) is 5.92 Å². The van der Waals surface area contributed by atoms with Crippen LogP contribution in [-0.4, -0.2) is 50.6 Å². The second-order valence-corrected chi connectivity index (χ2v) is 8.29. The van der Waals surface area contributed by atoms with E-state index in [4.69, 9.17) is 16.3 Å². The zero-order chi connectivity index (χ0) is 19.0. The molecule has 1 aliphatic heterocycles. The largest absolute Gasteiger partial charge is 0.394 e. The van der Waals surface area contributed by atoms with Gasteiger partial charge in [0.25, 0.3) is 0 Å². The molecule has 7 heteroatoms. The molecular formula is C20H27ClN4O2. The van der Waals surface area contributed by atoms with E-state index in [-0.39, 0.29) is 18.8 Å². The van der Waals surface area contributed by atoms with E-state index in [9.17, 15) is 5.11 Å². The van der Waals surface area contributed by atoms with Crippen molar-refractivity contribution in [2.45, 2.75) is 63.8 Å². The average Bonchev–Trinajstić information content (AvgIpc) is 2.99. The second kappa shape index (κ2) is 7.87. The lowest BCUT2D eigenvalue weighted by atomic mass is 9.86. The van der Waals surface area contributed by atoms with Crippen molar-refractivity contribution < 1.29 is 9.84 Å². The first-order chi connectivity index (χ1) is 13.0. The van der Waals surface area contributed by atoms with Gasteiger partial charge in [0.15, 0.2) is 5.82 Å². The summed E-state index contributed by atoms with van der Waals surface area (Å²) < 4.78 is 8.16. The first-order valence-electron chi connectivity index (χ1n) is 9.73. The third-order valence-corrected chi connectivity index (χ3v) is 5.85. The molecule has 2 heterocycles. The summed E-state index contributed by atoms with van der Waals surface area (Å²) in [6, 6.07) is 6.08. The van der Waals surface area contributed by atoms with Gasteiger partial charge in [-0.1, -0.05) is 11.6 Å². The lowest BCUT2D eigenvalue weighted by Gasteiger charge is -2.30. The zero-order valence-corrected chi connectivity index (χ0v) is 16.7. The Bertz CT molecular complexity index is 801. The average molecular weight is 391 g/mol. The van der Waals surface area contributed by atoms with Crippen LogP contribution in [0.5, 0.6) is 0 Å². The Morgan fingerprint density at radius 3 is 2.74 bits per heavy atom. The SMILES string of the molecule is CC(CO)O[C@H]1CC[C@H](c2nnc3n2-c2ccc(Cl)cc2CN(C)C3)CC1. The number of fused-ring (bicyclic) bond motifs is 3. The van der Waals surface area contributed by atoms with E-state index in [0.717, 1.165) is 61.1 Å². The zero-order valence-electron chi connectivity index (χ0n) is 15.9. The van der Waals surface area contributed by atoms with Gasteiger partial charge >= 0.3 is 0 Å². The Labute approximate surface area is 165 Å². The van der Waals surface area contributed by atoms with Crippen molar-refractivity contribution in [1.29, 1.82) is 0 Å². The molecule has 1 aliphatic carbocycles. The lowest BCUT2D eigenvalue weighted by molar-refractivity contribution is -0.0460. The molecule has 1 saturated carbocycles. The molecule has 0 bridgehead atoms. The van der Waals surface area contributed by atoms with Crippen LogP contribution in [0, 0.1) is 0 Å². The number of nitrogens with zero attached hydrogens (tertiary/aromatic N) is 4. The van der Waals surface area contributed by atoms with Crippen LogP contribution in [0.4, 0.5) is 0 Å². The maximum absolute atomic E-state index is 9.20. The summed E-state index contributed by atoms with van der Waals surface area (Å²) in [5.74, 6) is 2.42. The Morgan fingerprint density at radius 1 is 1.22 bits per heavy atom. The number of ether oxygens (including phenoxy) is 1. The van der Waals surface area contributed by atoms with Crippen molar-refractivity contribution in [3.63, 3.8) is 0 Å². The lowest BCUT2D eigenvalue weighted by Crippen LogP contribution is -2.27. The molecule has 4 rings (SSSR count). The molecule has 6 nitrogen and oxygen atoms in total. The molecule has 1 aromatic heterocycles. The van der Waals surface area contributed by atoms with Crippen molar-refractivity contribution in [2.75, 3.05) is 13.7 Å². The summed E-state index contributed by atoms with van der Waals surface area (Å²) in [5.41, 5.74) is 2.35. The normalized spacial score (nSPS) is 24.1. The quantitative estimate of drug-likeness (QED) is 0.867. The predicted octanol–water partition coefficient (Wildman–Crippen LogP) is 3.29. The molecule has 0 saturated heterocycles. The highest BCUT2D eigenvalue weighted by Crippen LogP contribution is 2.36. The molecule has 1 atom stereocenters. The Balaban J connectivity index is 1.60. The van der Waals surface area contributed by atoms with Crippen LogP contribution in [0.15, 0.2) is 18.2 Å². The molecule has 1 aromatic carbocycles. The van der Waals surface area contributed by atoms with Crippen molar-refractivity contribution in [1.82, 2.24) is 19.7 Å². The van der Waals surface area contributed by atoms with E-state index < -0.39 is 0 Å². The number of hydrogen-bond acceptors (Lipinski definition) is 5. The number of halogens is 1. The maximum Gasteiger partial charge on any atom is 0.151 e. The van der Waals surface area contributed by atoms with E-state index in [2.05, 4.69) is 32.8 Å². The summed E-state index contributed by atoms with van der Waals surface area (Å²) in [4.78, 5) is 2.24. The minimum atomic E-state index is -0.0944. The number of aromatic nitrogens is 3. The minimum Gasteiger partial charge on any atom is -0.394 e. The fourth-order valence-corrected chi connectivity index (χ4v) is 4.47. The molecule has 0 amide bonds. The van der Waals surface area contributed by atoms with Gasteiger partial charge < -0.3 is 9.84 Å². The van der Waals surface area contributed by atoms with Gasteiger partial charge in [-0.2, -0.15) is 0 Å². The van der Waals surface area contributed by atoms with Crippen LogP contribution in [0.2, 0.25) is 5.02 Å². The highest BCUT2D eigenvalue weighted by atomic mass is 35.5. The van der Waals surface area contributed by atoms with Gasteiger partial charge in [0.1, 0.15) is 5.82 Å². The standard InChI is InChI=1S/C20H27ClN4O2/c1-13(12-26)27-17-6-3-14(4-7-17)20-23-22-19-11-24(2)10-15-9-16(21)5-8-18(15)25(19)20/h5,8-9,13-14,17,26H,3-4,6-7,10-12H2,1-2H3/t13?,14-,17-. The first kappa shape index (κ1) is 18.9. The topological polar surface area (TPSA) is 63.4 Å². The molecule has 2 aromatic rings. The molecule has 146 valence electrons. The van der Waals surface area contributed by atoms with Crippen LogP contribution in [0.3, 0.4) is 0 Å². The molecule has 1 fully saturated rings. The minimum absolute atomic E-state index is 0.0739. The fourth-order valence-electron chi connectivity index (χ4n) is 4.28. The maximum atomic E-state index is 9.20. The van der Waals surface area contributed by atoms with Gasteiger partial charge in [0.05, 0.1) is 31.0 Å². The molecule has 0 radical (unpaired) electrons. The van der Waals surface area contributed by atoms with Gasteiger partial charge in [-0.15, -0.1) is 10.2 Å². The number of aliphatic hydroxyl groups excluding tert-OH is 1.